The maximum absolute atomic E-state index is 12.8. The molecule has 0 N–H and O–H groups in total. The fraction of sp³-hybridized carbons (Fsp3) is 0.143. The van der Waals surface area contributed by atoms with Crippen molar-refractivity contribution >= 4 is 46.0 Å². The van der Waals surface area contributed by atoms with Crippen molar-refractivity contribution < 1.29 is 9.53 Å². The molecule has 3 nitrogen and oxygen atoms in total. The van der Waals surface area contributed by atoms with Gasteiger partial charge in [-0.25, -0.2) is 0 Å². The average molecular weight is 382 g/mol. The molecule has 3 rings (SSSR count). The molecular weight excluding hydrogens is 362 g/mol. The third-order valence-corrected chi connectivity index (χ3v) is 5.24. The minimum Gasteiger partial charge on any atom is -0.490 e. The maximum Gasteiger partial charge on any atom is 0.270 e. The largest absolute Gasteiger partial charge is 0.490 e. The molecule has 26 heavy (non-hydrogen) atoms. The van der Waals surface area contributed by atoms with E-state index in [1.165, 1.54) is 17.3 Å². The van der Waals surface area contributed by atoms with Gasteiger partial charge in [0.15, 0.2) is 4.32 Å². The Morgan fingerprint density at radius 3 is 2.46 bits per heavy atom. The van der Waals surface area contributed by atoms with E-state index in [9.17, 15) is 4.79 Å². The zero-order valence-electron chi connectivity index (χ0n) is 14.5. The summed E-state index contributed by atoms with van der Waals surface area (Å²) in [7, 11) is 0. The predicted molar refractivity (Wildman–Crippen MR) is 114 cm³/mol. The van der Waals surface area contributed by atoms with Gasteiger partial charge in [-0.05, 0) is 47.9 Å². The molecule has 1 fully saturated rings. The first-order valence-electron chi connectivity index (χ1n) is 8.33. The summed E-state index contributed by atoms with van der Waals surface area (Å²) in [6, 6.07) is 15.5. The Hall–Kier alpha value is -2.37. The van der Waals surface area contributed by atoms with Gasteiger partial charge in [0.1, 0.15) is 12.4 Å². The molecule has 1 aliphatic heterocycles. The van der Waals surface area contributed by atoms with E-state index in [2.05, 4.69) is 13.5 Å². The molecule has 0 radical (unpaired) electrons. The molecule has 2 aromatic rings. The second-order valence-corrected chi connectivity index (χ2v) is 7.38. The Morgan fingerprint density at radius 1 is 1.15 bits per heavy atom. The molecule has 0 aromatic heterocycles. The first-order chi connectivity index (χ1) is 12.6. The van der Waals surface area contributed by atoms with Gasteiger partial charge in [0.2, 0.25) is 0 Å². The quantitative estimate of drug-likeness (QED) is 0.390. The summed E-state index contributed by atoms with van der Waals surface area (Å²) in [5.41, 5.74) is 2.97. The number of thiocarbonyl (C=S) groups is 1. The molecule has 1 amide bonds. The molecule has 0 bridgehead atoms. The maximum atomic E-state index is 12.8. The number of carbonyl (C=O) groups excluding carboxylic acids is 1. The summed E-state index contributed by atoms with van der Waals surface area (Å²) < 4.78 is 6.02. The van der Waals surface area contributed by atoms with Crippen molar-refractivity contribution in [3.63, 3.8) is 0 Å². The summed E-state index contributed by atoms with van der Waals surface area (Å²) in [5, 5.41) is 0. The minimum absolute atomic E-state index is 0.0868. The van der Waals surface area contributed by atoms with E-state index in [1.54, 1.807) is 11.0 Å². The molecule has 0 aliphatic carbocycles. The lowest BCUT2D eigenvalue weighted by atomic mass is 10.1. The third-order valence-electron chi connectivity index (χ3n) is 3.94. The second-order valence-electron chi connectivity index (χ2n) is 5.71. The molecule has 1 heterocycles. The van der Waals surface area contributed by atoms with Crippen molar-refractivity contribution in [2.75, 3.05) is 11.5 Å². The molecule has 0 atom stereocenters. The predicted octanol–water partition coefficient (Wildman–Crippen LogP) is 5.22. The number of carbonyl (C=O) groups is 1. The van der Waals surface area contributed by atoms with Crippen LogP contribution in [0.15, 0.2) is 66.1 Å². The van der Waals surface area contributed by atoms with E-state index in [1.807, 2.05) is 54.6 Å². The van der Waals surface area contributed by atoms with Crippen LogP contribution in [0.1, 0.15) is 18.1 Å². The molecule has 1 aliphatic rings. The highest BCUT2D eigenvalue weighted by Crippen LogP contribution is 2.36. The van der Waals surface area contributed by atoms with Gasteiger partial charge in [-0.3, -0.25) is 9.69 Å². The van der Waals surface area contributed by atoms with Crippen molar-refractivity contribution in [3.05, 3.63) is 77.2 Å². The number of aryl methyl sites for hydroxylation is 1. The van der Waals surface area contributed by atoms with E-state index >= 15 is 0 Å². The number of benzene rings is 2. The normalized spacial score (nSPS) is 15.6. The number of nitrogens with zero attached hydrogens (tertiary/aromatic N) is 1. The standard InChI is InChI=1S/C21H19NO2S2/c1-3-13-24-18-11-7-16(8-12-18)14-19-20(23)22(21(25)26-19)17-9-5-15(4-2)6-10-17/h3,5-12,14H,1,4,13H2,2H3/b19-14-. The lowest BCUT2D eigenvalue weighted by molar-refractivity contribution is -0.113. The van der Waals surface area contributed by atoms with Crippen LogP contribution < -0.4 is 9.64 Å². The van der Waals surface area contributed by atoms with Crippen molar-refractivity contribution in [1.29, 1.82) is 0 Å². The van der Waals surface area contributed by atoms with Gasteiger partial charge in [-0.2, -0.15) is 0 Å². The number of rotatable bonds is 6. The summed E-state index contributed by atoms with van der Waals surface area (Å²) in [6.07, 6.45) is 4.52. The highest BCUT2D eigenvalue weighted by Gasteiger charge is 2.33. The van der Waals surface area contributed by atoms with Gasteiger partial charge < -0.3 is 4.74 Å². The van der Waals surface area contributed by atoms with Gasteiger partial charge in [-0.1, -0.05) is 67.8 Å². The van der Waals surface area contributed by atoms with Gasteiger partial charge in [0, 0.05) is 0 Å². The van der Waals surface area contributed by atoms with E-state index in [0.29, 0.717) is 15.8 Å². The molecule has 132 valence electrons. The summed E-state index contributed by atoms with van der Waals surface area (Å²) in [6.45, 7) is 6.20. The van der Waals surface area contributed by atoms with E-state index in [4.69, 9.17) is 17.0 Å². The first kappa shape index (κ1) is 18.4. The Morgan fingerprint density at radius 2 is 1.85 bits per heavy atom. The molecule has 5 heteroatoms. The molecule has 0 spiro atoms. The van der Waals surface area contributed by atoms with Crippen LogP contribution in [0.25, 0.3) is 6.08 Å². The number of amides is 1. The smallest absolute Gasteiger partial charge is 0.270 e. The van der Waals surface area contributed by atoms with E-state index in [-0.39, 0.29) is 5.91 Å². The lowest BCUT2D eigenvalue weighted by Crippen LogP contribution is -2.27. The molecule has 1 saturated heterocycles. The van der Waals surface area contributed by atoms with Gasteiger partial charge in [0.25, 0.3) is 5.91 Å². The van der Waals surface area contributed by atoms with Gasteiger partial charge in [-0.15, -0.1) is 0 Å². The average Bonchev–Trinajstić information content (AvgIpc) is 2.94. The van der Waals surface area contributed by atoms with Crippen LogP contribution in [0.5, 0.6) is 5.75 Å². The number of ether oxygens (including phenoxy) is 1. The monoisotopic (exact) mass is 381 g/mol. The fourth-order valence-electron chi connectivity index (χ4n) is 2.54. The Balaban J connectivity index is 1.79. The SMILES string of the molecule is C=CCOc1ccc(/C=C2\SC(=S)N(c3ccc(CC)cc3)C2=O)cc1. The minimum atomic E-state index is -0.0868. The molecule has 0 unspecified atom stereocenters. The molecular formula is C21H19NO2S2. The number of hydrogen-bond donors (Lipinski definition) is 0. The van der Waals surface area contributed by atoms with Crippen molar-refractivity contribution in [3.8, 4) is 5.75 Å². The van der Waals surface area contributed by atoms with Crippen LogP contribution in [0.2, 0.25) is 0 Å². The van der Waals surface area contributed by atoms with Crippen molar-refractivity contribution in [2.45, 2.75) is 13.3 Å². The summed E-state index contributed by atoms with van der Waals surface area (Å²) in [4.78, 5) is 15.0. The highest BCUT2D eigenvalue weighted by molar-refractivity contribution is 8.27. The molecule has 2 aromatic carbocycles. The van der Waals surface area contributed by atoms with Gasteiger partial charge >= 0.3 is 0 Å². The van der Waals surface area contributed by atoms with Crippen LogP contribution in [0.3, 0.4) is 0 Å². The Bertz CT molecular complexity index is 855. The zero-order chi connectivity index (χ0) is 18.5. The second kappa shape index (κ2) is 8.34. The third kappa shape index (κ3) is 4.06. The van der Waals surface area contributed by atoms with Crippen LogP contribution in [-0.4, -0.2) is 16.8 Å². The number of thioether (sulfide) groups is 1. The molecule has 0 saturated carbocycles. The lowest BCUT2D eigenvalue weighted by Gasteiger charge is -2.14. The van der Waals surface area contributed by atoms with E-state index < -0.39 is 0 Å². The Labute approximate surface area is 163 Å². The van der Waals surface area contributed by atoms with Crippen molar-refractivity contribution in [1.82, 2.24) is 0 Å². The van der Waals surface area contributed by atoms with Gasteiger partial charge in [0.05, 0.1) is 10.6 Å². The Kier molecular flexibility index (Phi) is 5.91. The fourth-order valence-corrected chi connectivity index (χ4v) is 3.84. The summed E-state index contributed by atoms with van der Waals surface area (Å²) in [5.74, 6) is 0.682. The number of hydrogen-bond acceptors (Lipinski definition) is 4. The van der Waals surface area contributed by atoms with E-state index in [0.717, 1.165) is 23.4 Å². The van der Waals surface area contributed by atoms with Crippen LogP contribution in [-0.2, 0) is 11.2 Å². The van der Waals surface area contributed by atoms with Crippen LogP contribution >= 0.6 is 24.0 Å². The summed E-state index contributed by atoms with van der Waals surface area (Å²) >= 11 is 6.74. The number of anilines is 1. The first-order valence-corrected chi connectivity index (χ1v) is 9.55. The van der Waals surface area contributed by atoms with Crippen LogP contribution in [0, 0.1) is 0 Å². The zero-order valence-corrected chi connectivity index (χ0v) is 16.1. The van der Waals surface area contributed by atoms with Crippen molar-refractivity contribution in [2.24, 2.45) is 0 Å². The topological polar surface area (TPSA) is 29.5 Å². The highest BCUT2D eigenvalue weighted by atomic mass is 32.2. The van der Waals surface area contributed by atoms with Crippen LogP contribution in [0.4, 0.5) is 5.69 Å².